The van der Waals surface area contributed by atoms with Crippen LogP contribution in [-0.2, 0) is 0 Å². The van der Waals surface area contributed by atoms with Crippen molar-refractivity contribution in [3.05, 3.63) is 46.7 Å². The van der Waals surface area contributed by atoms with Crippen molar-refractivity contribution in [3.63, 3.8) is 0 Å². The number of hydrogen-bond acceptors (Lipinski definition) is 6. The molecule has 0 saturated carbocycles. The smallest absolute Gasteiger partial charge is 0.267 e. The third-order valence-electron chi connectivity index (χ3n) is 3.07. The predicted octanol–water partition coefficient (Wildman–Crippen LogP) is 3.84. The molecule has 3 aromatic rings. The van der Waals surface area contributed by atoms with Gasteiger partial charge in [0, 0.05) is 5.56 Å². The highest BCUT2D eigenvalue weighted by Crippen LogP contribution is 2.27. The predicted molar refractivity (Wildman–Crippen MR) is 87.8 cm³/mol. The first-order chi connectivity index (χ1) is 11.3. The van der Waals surface area contributed by atoms with Gasteiger partial charge in [-0.2, -0.15) is 0 Å². The number of anilines is 1. The van der Waals surface area contributed by atoms with E-state index in [0.29, 0.717) is 23.0 Å². The van der Waals surface area contributed by atoms with Crippen molar-refractivity contribution in [2.75, 3.05) is 11.9 Å². The molecule has 0 spiro atoms. The van der Waals surface area contributed by atoms with Crippen LogP contribution in [0.4, 0.5) is 5.82 Å². The van der Waals surface area contributed by atoms with Crippen molar-refractivity contribution >= 4 is 23.1 Å². The van der Waals surface area contributed by atoms with E-state index in [2.05, 4.69) is 22.6 Å². The van der Waals surface area contributed by atoms with Crippen molar-refractivity contribution in [2.45, 2.75) is 13.3 Å². The van der Waals surface area contributed by atoms with Gasteiger partial charge in [-0.15, -0.1) is 11.3 Å². The molecule has 0 aliphatic carbocycles. The fourth-order valence-corrected chi connectivity index (χ4v) is 2.58. The van der Waals surface area contributed by atoms with E-state index in [1.165, 1.54) is 11.3 Å². The Morgan fingerprint density at radius 2 is 2.09 bits per heavy atom. The molecule has 1 aromatic carbocycles. The molecule has 1 N–H and O–H groups in total. The third-order valence-corrected chi connectivity index (χ3v) is 3.93. The highest BCUT2D eigenvalue weighted by atomic mass is 32.1. The lowest BCUT2D eigenvalue weighted by atomic mass is 10.1. The maximum Gasteiger partial charge on any atom is 0.267 e. The van der Waals surface area contributed by atoms with Crippen LogP contribution >= 0.6 is 11.3 Å². The van der Waals surface area contributed by atoms with Gasteiger partial charge in [0.1, 0.15) is 5.75 Å². The van der Waals surface area contributed by atoms with Crippen LogP contribution < -0.4 is 10.1 Å². The molecule has 0 unspecified atom stereocenters. The molecule has 0 atom stereocenters. The summed E-state index contributed by atoms with van der Waals surface area (Å²) in [5, 5.41) is 12.2. The monoisotopic (exact) mass is 329 g/mol. The zero-order chi connectivity index (χ0) is 16.1. The average Bonchev–Trinajstić information content (AvgIpc) is 3.25. The quantitative estimate of drug-likeness (QED) is 0.743. The minimum Gasteiger partial charge on any atom is -0.494 e. The minimum absolute atomic E-state index is 0.236. The number of carbonyl (C=O) groups excluding carboxylic acids is 1. The molecule has 0 fully saturated rings. The van der Waals surface area contributed by atoms with Gasteiger partial charge in [0.2, 0.25) is 5.82 Å². The summed E-state index contributed by atoms with van der Waals surface area (Å²) in [5.74, 6) is 0.849. The first kappa shape index (κ1) is 15.2. The summed E-state index contributed by atoms with van der Waals surface area (Å²) in [7, 11) is 0. The van der Waals surface area contributed by atoms with E-state index in [-0.39, 0.29) is 5.91 Å². The van der Waals surface area contributed by atoms with Gasteiger partial charge in [-0.05, 0) is 52.4 Å². The Kier molecular flexibility index (Phi) is 4.68. The van der Waals surface area contributed by atoms with Crippen LogP contribution in [0.1, 0.15) is 23.0 Å². The Morgan fingerprint density at radius 1 is 1.26 bits per heavy atom. The van der Waals surface area contributed by atoms with Crippen molar-refractivity contribution in [1.82, 2.24) is 10.3 Å². The third kappa shape index (κ3) is 3.57. The van der Waals surface area contributed by atoms with Crippen LogP contribution in [-0.4, -0.2) is 22.8 Å². The van der Waals surface area contributed by atoms with E-state index in [1.807, 2.05) is 35.7 Å². The van der Waals surface area contributed by atoms with Gasteiger partial charge in [-0.25, -0.2) is 4.63 Å². The molecule has 0 aliphatic rings. The molecule has 0 bridgehead atoms. The van der Waals surface area contributed by atoms with Crippen LogP contribution in [0.5, 0.6) is 5.75 Å². The summed E-state index contributed by atoms with van der Waals surface area (Å²) in [6.45, 7) is 2.73. The number of carbonyl (C=O) groups is 1. The van der Waals surface area contributed by atoms with Crippen molar-refractivity contribution < 1.29 is 14.2 Å². The number of aromatic nitrogens is 2. The number of amides is 1. The van der Waals surface area contributed by atoms with E-state index in [9.17, 15) is 4.79 Å². The second-order valence-electron chi connectivity index (χ2n) is 4.77. The SMILES string of the molecule is CCCOc1ccc(-c2nonc2NC(=O)c2cccs2)cc1. The molecule has 1 amide bonds. The van der Waals surface area contributed by atoms with Gasteiger partial charge in [0.15, 0.2) is 5.69 Å². The number of benzene rings is 1. The largest absolute Gasteiger partial charge is 0.494 e. The molecular formula is C16H15N3O3S. The molecular weight excluding hydrogens is 314 g/mol. The summed E-state index contributed by atoms with van der Waals surface area (Å²) in [6.07, 6.45) is 0.952. The van der Waals surface area contributed by atoms with Crippen LogP contribution in [0.15, 0.2) is 46.4 Å². The normalized spacial score (nSPS) is 10.5. The molecule has 0 aliphatic heterocycles. The molecule has 3 rings (SSSR count). The Hall–Kier alpha value is -2.67. The van der Waals surface area contributed by atoms with Gasteiger partial charge in [0.05, 0.1) is 11.5 Å². The molecule has 0 radical (unpaired) electrons. The van der Waals surface area contributed by atoms with Gasteiger partial charge < -0.3 is 10.1 Å². The van der Waals surface area contributed by atoms with Crippen LogP contribution in [0.3, 0.4) is 0 Å². The number of rotatable bonds is 6. The zero-order valence-electron chi connectivity index (χ0n) is 12.5. The van der Waals surface area contributed by atoms with E-state index >= 15 is 0 Å². The van der Waals surface area contributed by atoms with Crippen LogP contribution in [0.25, 0.3) is 11.3 Å². The van der Waals surface area contributed by atoms with E-state index in [0.717, 1.165) is 17.7 Å². The van der Waals surface area contributed by atoms with Crippen molar-refractivity contribution in [2.24, 2.45) is 0 Å². The lowest BCUT2D eigenvalue weighted by Crippen LogP contribution is -2.11. The molecule has 2 heterocycles. The first-order valence-electron chi connectivity index (χ1n) is 7.18. The first-order valence-corrected chi connectivity index (χ1v) is 8.06. The highest BCUT2D eigenvalue weighted by molar-refractivity contribution is 7.12. The number of nitrogens with zero attached hydrogens (tertiary/aromatic N) is 2. The van der Waals surface area contributed by atoms with Crippen molar-refractivity contribution in [1.29, 1.82) is 0 Å². The maximum atomic E-state index is 12.1. The van der Waals surface area contributed by atoms with Gasteiger partial charge >= 0.3 is 0 Å². The van der Waals surface area contributed by atoms with E-state index in [1.54, 1.807) is 6.07 Å². The highest BCUT2D eigenvalue weighted by Gasteiger charge is 2.16. The standard InChI is InChI=1S/C16H15N3O3S/c1-2-9-21-12-7-5-11(6-8-12)14-15(19-22-18-14)17-16(20)13-4-3-10-23-13/h3-8,10H,2,9H2,1H3,(H,17,19,20). The summed E-state index contributed by atoms with van der Waals surface area (Å²) >= 11 is 1.36. The number of ether oxygens (including phenoxy) is 1. The summed E-state index contributed by atoms with van der Waals surface area (Å²) in [4.78, 5) is 12.7. The van der Waals surface area contributed by atoms with E-state index in [4.69, 9.17) is 9.37 Å². The van der Waals surface area contributed by atoms with E-state index < -0.39 is 0 Å². The minimum atomic E-state index is -0.236. The Bertz CT molecular complexity index is 766. The van der Waals surface area contributed by atoms with Crippen molar-refractivity contribution in [3.8, 4) is 17.0 Å². The molecule has 2 aromatic heterocycles. The summed E-state index contributed by atoms with van der Waals surface area (Å²) in [6, 6.07) is 11.0. The summed E-state index contributed by atoms with van der Waals surface area (Å²) < 4.78 is 10.3. The fraction of sp³-hybridized carbons (Fsp3) is 0.188. The lowest BCUT2D eigenvalue weighted by Gasteiger charge is -2.05. The molecule has 23 heavy (non-hydrogen) atoms. The fourth-order valence-electron chi connectivity index (χ4n) is 1.97. The van der Waals surface area contributed by atoms with Gasteiger partial charge in [-0.1, -0.05) is 13.0 Å². The number of thiophene rings is 1. The zero-order valence-corrected chi connectivity index (χ0v) is 13.3. The maximum absolute atomic E-state index is 12.1. The van der Waals surface area contributed by atoms with Crippen LogP contribution in [0.2, 0.25) is 0 Å². The molecule has 118 valence electrons. The second kappa shape index (κ2) is 7.06. The van der Waals surface area contributed by atoms with Gasteiger partial charge in [0.25, 0.3) is 5.91 Å². The lowest BCUT2D eigenvalue weighted by molar-refractivity contribution is 0.102. The number of nitrogens with one attached hydrogen (secondary N) is 1. The average molecular weight is 329 g/mol. The summed E-state index contributed by atoms with van der Waals surface area (Å²) in [5.41, 5.74) is 1.27. The number of hydrogen-bond donors (Lipinski definition) is 1. The Morgan fingerprint density at radius 3 is 2.78 bits per heavy atom. The van der Waals surface area contributed by atoms with Gasteiger partial charge in [-0.3, -0.25) is 4.79 Å². The molecule has 7 heteroatoms. The van der Waals surface area contributed by atoms with Crippen LogP contribution in [0, 0.1) is 0 Å². The topological polar surface area (TPSA) is 77.2 Å². The second-order valence-corrected chi connectivity index (χ2v) is 5.71. The Labute approximate surface area is 137 Å². The molecule has 0 saturated heterocycles. The molecule has 6 nitrogen and oxygen atoms in total. The Balaban J connectivity index is 1.76.